The van der Waals surface area contributed by atoms with Gasteiger partial charge in [0.1, 0.15) is 0 Å². The molecular weight excluding hydrogens is 162 g/mol. The first kappa shape index (κ1) is 8.35. The highest BCUT2D eigenvalue weighted by Gasteiger charge is 2.20. The molecule has 70 valence electrons. The molecule has 3 nitrogen and oxygen atoms in total. The number of rotatable bonds is 1. The maximum atomic E-state index is 5.68. The van der Waals surface area contributed by atoms with E-state index in [0.717, 1.165) is 17.9 Å². The fourth-order valence-electron chi connectivity index (χ4n) is 1.92. The molecule has 0 saturated carbocycles. The number of hydrogen-bond acceptors (Lipinski definition) is 3. The monoisotopic (exact) mass is 177 g/mol. The Labute approximate surface area is 78.6 Å². The number of nitrogens with zero attached hydrogens (tertiary/aromatic N) is 2. The molecule has 0 amide bonds. The molecule has 3 heteroatoms. The molecule has 1 aromatic rings. The van der Waals surface area contributed by atoms with Crippen molar-refractivity contribution in [3.63, 3.8) is 0 Å². The van der Waals surface area contributed by atoms with Crippen molar-refractivity contribution in [3.05, 3.63) is 18.5 Å². The Hall–Kier alpha value is -1.25. The molecule has 0 spiro atoms. The molecule has 1 aliphatic heterocycles. The van der Waals surface area contributed by atoms with Gasteiger partial charge in [0.05, 0.1) is 17.6 Å². The van der Waals surface area contributed by atoms with Crippen LogP contribution in [0, 0.1) is 0 Å². The van der Waals surface area contributed by atoms with Gasteiger partial charge in [0.2, 0.25) is 0 Å². The zero-order valence-corrected chi connectivity index (χ0v) is 7.90. The van der Waals surface area contributed by atoms with Crippen LogP contribution >= 0.6 is 0 Å². The van der Waals surface area contributed by atoms with Crippen molar-refractivity contribution < 1.29 is 0 Å². The summed E-state index contributed by atoms with van der Waals surface area (Å²) in [6, 6.07) is 2.62. The average molecular weight is 177 g/mol. The fourth-order valence-corrected chi connectivity index (χ4v) is 1.92. The molecule has 1 fully saturated rings. The zero-order valence-electron chi connectivity index (χ0n) is 7.90. The van der Waals surface area contributed by atoms with Crippen molar-refractivity contribution in [2.24, 2.45) is 0 Å². The number of hydrogen-bond donors (Lipinski definition) is 1. The summed E-state index contributed by atoms with van der Waals surface area (Å²) in [5, 5.41) is 0. The molecule has 0 aromatic carbocycles. The number of pyridine rings is 1. The molecule has 0 radical (unpaired) electrons. The number of nitrogens with two attached hydrogens (primary N) is 1. The Kier molecular flexibility index (Phi) is 2.08. The van der Waals surface area contributed by atoms with Crippen LogP contribution in [0.5, 0.6) is 0 Å². The van der Waals surface area contributed by atoms with Crippen LogP contribution in [0.2, 0.25) is 0 Å². The molecular formula is C10H15N3. The van der Waals surface area contributed by atoms with Gasteiger partial charge >= 0.3 is 0 Å². The van der Waals surface area contributed by atoms with Crippen LogP contribution < -0.4 is 10.6 Å². The lowest BCUT2D eigenvalue weighted by atomic mass is 10.2. The largest absolute Gasteiger partial charge is 0.397 e. The first-order valence-electron chi connectivity index (χ1n) is 4.74. The van der Waals surface area contributed by atoms with Crippen LogP contribution in [0.4, 0.5) is 11.4 Å². The molecule has 2 N–H and O–H groups in total. The van der Waals surface area contributed by atoms with Crippen LogP contribution in [-0.4, -0.2) is 17.6 Å². The van der Waals surface area contributed by atoms with Crippen LogP contribution in [0.1, 0.15) is 19.8 Å². The molecule has 1 aliphatic rings. The SMILES string of the molecule is CC1CCCN1c1cncc(N)c1. The van der Waals surface area contributed by atoms with E-state index in [-0.39, 0.29) is 0 Å². The van der Waals surface area contributed by atoms with Crippen LogP contribution in [0.25, 0.3) is 0 Å². The molecule has 13 heavy (non-hydrogen) atoms. The van der Waals surface area contributed by atoms with E-state index in [9.17, 15) is 0 Å². The average Bonchev–Trinajstić information content (AvgIpc) is 2.51. The summed E-state index contributed by atoms with van der Waals surface area (Å²) in [6.07, 6.45) is 6.12. The smallest absolute Gasteiger partial charge is 0.0575 e. The summed E-state index contributed by atoms with van der Waals surface area (Å²) in [5.74, 6) is 0. The summed E-state index contributed by atoms with van der Waals surface area (Å²) in [5.41, 5.74) is 7.59. The van der Waals surface area contributed by atoms with Crippen molar-refractivity contribution in [1.82, 2.24) is 4.98 Å². The minimum absolute atomic E-state index is 0.628. The van der Waals surface area contributed by atoms with E-state index in [0.29, 0.717) is 6.04 Å². The predicted molar refractivity (Wildman–Crippen MR) is 54.7 cm³/mol. The van der Waals surface area contributed by atoms with Crippen LogP contribution in [0.15, 0.2) is 18.5 Å². The highest BCUT2D eigenvalue weighted by Crippen LogP contribution is 2.25. The third-order valence-corrected chi connectivity index (χ3v) is 2.63. The quantitative estimate of drug-likeness (QED) is 0.709. The van der Waals surface area contributed by atoms with Gasteiger partial charge in [-0.2, -0.15) is 0 Å². The minimum atomic E-state index is 0.628. The topological polar surface area (TPSA) is 42.2 Å². The molecule has 2 rings (SSSR count). The zero-order chi connectivity index (χ0) is 9.26. The first-order chi connectivity index (χ1) is 6.27. The Morgan fingerprint density at radius 1 is 1.54 bits per heavy atom. The standard InChI is InChI=1S/C10H15N3/c1-8-3-2-4-13(8)10-5-9(11)6-12-7-10/h5-8H,2-4,11H2,1H3. The van der Waals surface area contributed by atoms with E-state index in [1.807, 2.05) is 12.3 Å². The molecule has 1 saturated heterocycles. The van der Waals surface area contributed by atoms with Crippen molar-refractivity contribution in [2.45, 2.75) is 25.8 Å². The Morgan fingerprint density at radius 3 is 3.00 bits per heavy atom. The molecule has 1 aromatic heterocycles. The fraction of sp³-hybridized carbons (Fsp3) is 0.500. The van der Waals surface area contributed by atoms with Crippen molar-refractivity contribution in [3.8, 4) is 0 Å². The summed E-state index contributed by atoms with van der Waals surface area (Å²) in [6.45, 7) is 3.38. The highest BCUT2D eigenvalue weighted by molar-refractivity contribution is 5.54. The van der Waals surface area contributed by atoms with Gasteiger partial charge in [0.15, 0.2) is 0 Å². The van der Waals surface area contributed by atoms with Gasteiger partial charge in [-0.15, -0.1) is 0 Å². The Morgan fingerprint density at radius 2 is 2.38 bits per heavy atom. The van der Waals surface area contributed by atoms with Gasteiger partial charge in [0, 0.05) is 18.8 Å². The Balaban J connectivity index is 2.24. The van der Waals surface area contributed by atoms with Crippen LogP contribution in [0.3, 0.4) is 0 Å². The molecule has 0 bridgehead atoms. The third kappa shape index (κ3) is 1.59. The van der Waals surface area contributed by atoms with E-state index >= 15 is 0 Å². The summed E-state index contributed by atoms with van der Waals surface area (Å²) in [4.78, 5) is 6.46. The van der Waals surface area contributed by atoms with E-state index in [4.69, 9.17) is 5.73 Å². The lowest BCUT2D eigenvalue weighted by molar-refractivity contribution is 0.734. The normalized spacial score (nSPS) is 22.2. The van der Waals surface area contributed by atoms with Crippen molar-refractivity contribution in [2.75, 3.05) is 17.2 Å². The Bertz CT molecular complexity index is 298. The second-order valence-electron chi connectivity index (χ2n) is 3.66. The summed E-state index contributed by atoms with van der Waals surface area (Å²) in [7, 11) is 0. The molecule has 1 unspecified atom stereocenters. The maximum Gasteiger partial charge on any atom is 0.0575 e. The van der Waals surface area contributed by atoms with Gasteiger partial charge in [0.25, 0.3) is 0 Å². The van der Waals surface area contributed by atoms with Gasteiger partial charge in [-0.05, 0) is 25.8 Å². The number of nitrogen functional groups attached to an aromatic ring is 1. The van der Waals surface area contributed by atoms with E-state index in [1.54, 1.807) is 6.20 Å². The lowest BCUT2D eigenvalue weighted by Gasteiger charge is -2.23. The lowest BCUT2D eigenvalue weighted by Crippen LogP contribution is -2.26. The van der Waals surface area contributed by atoms with Gasteiger partial charge in [-0.3, -0.25) is 4.98 Å². The van der Waals surface area contributed by atoms with E-state index < -0.39 is 0 Å². The summed E-state index contributed by atoms with van der Waals surface area (Å²) < 4.78 is 0. The molecule has 1 atom stereocenters. The highest BCUT2D eigenvalue weighted by atomic mass is 15.2. The van der Waals surface area contributed by atoms with Gasteiger partial charge < -0.3 is 10.6 Å². The third-order valence-electron chi connectivity index (χ3n) is 2.63. The predicted octanol–water partition coefficient (Wildman–Crippen LogP) is 1.65. The molecule has 2 heterocycles. The van der Waals surface area contributed by atoms with Crippen molar-refractivity contribution in [1.29, 1.82) is 0 Å². The van der Waals surface area contributed by atoms with Crippen LogP contribution in [-0.2, 0) is 0 Å². The van der Waals surface area contributed by atoms with Gasteiger partial charge in [-0.1, -0.05) is 0 Å². The maximum absolute atomic E-state index is 5.68. The minimum Gasteiger partial charge on any atom is -0.397 e. The second kappa shape index (κ2) is 3.24. The first-order valence-corrected chi connectivity index (χ1v) is 4.74. The second-order valence-corrected chi connectivity index (χ2v) is 3.66. The number of aromatic nitrogens is 1. The van der Waals surface area contributed by atoms with Gasteiger partial charge in [-0.25, -0.2) is 0 Å². The number of anilines is 2. The molecule has 0 aliphatic carbocycles. The summed E-state index contributed by atoms with van der Waals surface area (Å²) >= 11 is 0. The van der Waals surface area contributed by atoms with Crippen molar-refractivity contribution >= 4 is 11.4 Å². The van der Waals surface area contributed by atoms with E-state index in [1.165, 1.54) is 12.8 Å². The van der Waals surface area contributed by atoms with E-state index in [2.05, 4.69) is 16.8 Å².